The van der Waals surface area contributed by atoms with E-state index in [1.165, 1.54) is 12.8 Å². The van der Waals surface area contributed by atoms with Crippen molar-refractivity contribution in [2.75, 3.05) is 29.9 Å². The number of nitrogens with zero attached hydrogens (tertiary/aromatic N) is 2. The number of hydrogen-bond acceptors (Lipinski definition) is 4. The van der Waals surface area contributed by atoms with Gasteiger partial charge in [0.05, 0.1) is 12.6 Å². The van der Waals surface area contributed by atoms with Crippen molar-refractivity contribution in [2.24, 2.45) is 0 Å². The number of aromatic nitrogens is 1. The van der Waals surface area contributed by atoms with Crippen LogP contribution in [-0.2, 0) is 0 Å². The van der Waals surface area contributed by atoms with Gasteiger partial charge in [-0.15, -0.1) is 0 Å². The smallest absolute Gasteiger partial charge is 0.131 e. The second-order valence-corrected chi connectivity index (χ2v) is 4.44. The third-order valence-electron chi connectivity index (χ3n) is 3.22. The Bertz CT molecular complexity index is 356. The standard InChI is InChI=1S/C13H21N3O/c1-2-14-12-7-5-8-13(15-12)16-9-4-3-6-11(16)10-17/h5,7-8,11,17H,2-4,6,9-10H2,1H3,(H,14,15). The monoisotopic (exact) mass is 235 g/mol. The minimum Gasteiger partial charge on any atom is -0.394 e. The van der Waals surface area contributed by atoms with Gasteiger partial charge < -0.3 is 15.3 Å². The second-order valence-electron chi connectivity index (χ2n) is 4.44. The fourth-order valence-electron chi connectivity index (χ4n) is 2.35. The number of piperidine rings is 1. The van der Waals surface area contributed by atoms with E-state index in [2.05, 4.69) is 22.1 Å². The van der Waals surface area contributed by atoms with Gasteiger partial charge in [-0.05, 0) is 38.3 Å². The zero-order valence-corrected chi connectivity index (χ0v) is 10.4. The lowest BCUT2D eigenvalue weighted by Crippen LogP contribution is -2.42. The molecule has 0 aromatic carbocycles. The molecule has 1 aliphatic heterocycles. The van der Waals surface area contributed by atoms with E-state index in [1.54, 1.807) is 0 Å². The van der Waals surface area contributed by atoms with Crippen LogP contribution in [0.3, 0.4) is 0 Å². The van der Waals surface area contributed by atoms with Gasteiger partial charge in [-0.3, -0.25) is 0 Å². The van der Waals surface area contributed by atoms with Gasteiger partial charge in [0.25, 0.3) is 0 Å². The Morgan fingerprint density at radius 2 is 2.35 bits per heavy atom. The maximum atomic E-state index is 9.41. The van der Waals surface area contributed by atoms with Gasteiger partial charge in [-0.1, -0.05) is 6.07 Å². The molecule has 1 aliphatic rings. The zero-order valence-electron chi connectivity index (χ0n) is 10.4. The Labute approximate surface area is 103 Å². The van der Waals surface area contributed by atoms with Crippen LogP contribution in [0.5, 0.6) is 0 Å². The molecule has 0 aliphatic carbocycles. The number of nitrogens with one attached hydrogen (secondary N) is 1. The molecule has 4 nitrogen and oxygen atoms in total. The number of aliphatic hydroxyl groups is 1. The van der Waals surface area contributed by atoms with Gasteiger partial charge in [0.1, 0.15) is 11.6 Å². The Hall–Kier alpha value is -1.29. The molecule has 2 rings (SSSR count). The normalized spacial score (nSPS) is 20.4. The van der Waals surface area contributed by atoms with Crippen molar-refractivity contribution in [3.8, 4) is 0 Å². The van der Waals surface area contributed by atoms with E-state index >= 15 is 0 Å². The van der Waals surface area contributed by atoms with Crippen molar-refractivity contribution < 1.29 is 5.11 Å². The SMILES string of the molecule is CCNc1cccc(N2CCCCC2CO)n1. The van der Waals surface area contributed by atoms with Gasteiger partial charge in [-0.25, -0.2) is 4.98 Å². The fraction of sp³-hybridized carbons (Fsp3) is 0.615. The number of rotatable bonds is 4. The number of hydrogen-bond donors (Lipinski definition) is 2. The van der Waals surface area contributed by atoms with Gasteiger partial charge in [0.15, 0.2) is 0 Å². The Kier molecular flexibility index (Phi) is 4.20. The fourth-order valence-corrected chi connectivity index (χ4v) is 2.35. The van der Waals surface area contributed by atoms with Crippen molar-refractivity contribution in [3.63, 3.8) is 0 Å². The van der Waals surface area contributed by atoms with Crippen LogP contribution in [0.25, 0.3) is 0 Å². The summed E-state index contributed by atoms with van der Waals surface area (Å²) in [7, 11) is 0. The van der Waals surface area contributed by atoms with Crippen LogP contribution in [0.4, 0.5) is 11.6 Å². The first-order valence-corrected chi connectivity index (χ1v) is 6.43. The van der Waals surface area contributed by atoms with Crippen molar-refractivity contribution in [2.45, 2.75) is 32.2 Å². The summed E-state index contributed by atoms with van der Waals surface area (Å²) in [6.07, 6.45) is 3.45. The average Bonchev–Trinajstić information content (AvgIpc) is 2.39. The summed E-state index contributed by atoms with van der Waals surface area (Å²) in [6.45, 7) is 4.15. The van der Waals surface area contributed by atoms with Crippen LogP contribution in [0.1, 0.15) is 26.2 Å². The van der Waals surface area contributed by atoms with E-state index < -0.39 is 0 Å². The molecular formula is C13H21N3O. The third kappa shape index (κ3) is 2.88. The van der Waals surface area contributed by atoms with E-state index in [-0.39, 0.29) is 12.6 Å². The summed E-state index contributed by atoms with van der Waals surface area (Å²) in [5.41, 5.74) is 0. The molecule has 1 saturated heterocycles. The molecule has 1 aromatic heterocycles. The average molecular weight is 235 g/mol. The van der Waals surface area contributed by atoms with Crippen LogP contribution >= 0.6 is 0 Å². The molecule has 0 saturated carbocycles. The van der Waals surface area contributed by atoms with Gasteiger partial charge in [0.2, 0.25) is 0 Å². The van der Waals surface area contributed by atoms with Crippen LogP contribution in [0, 0.1) is 0 Å². The Morgan fingerprint density at radius 3 is 3.12 bits per heavy atom. The lowest BCUT2D eigenvalue weighted by Gasteiger charge is -2.35. The molecule has 1 fully saturated rings. The highest BCUT2D eigenvalue weighted by Crippen LogP contribution is 2.23. The van der Waals surface area contributed by atoms with Crippen molar-refractivity contribution in [1.82, 2.24) is 4.98 Å². The molecule has 17 heavy (non-hydrogen) atoms. The highest BCUT2D eigenvalue weighted by atomic mass is 16.3. The quantitative estimate of drug-likeness (QED) is 0.836. The Balaban J connectivity index is 2.16. The topological polar surface area (TPSA) is 48.4 Å². The lowest BCUT2D eigenvalue weighted by atomic mass is 10.0. The van der Waals surface area contributed by atoms with Crippen LogP contribution in [-0.4, -0.2) is 35.8 Å². The lowest BCUT2D eigenvalue weighted by molar-refractivity contribution is 0.239. The molecule has 0 radical (unpaired) electrons. The molecule has 2 heterocycles. The molecule has 4 heteroatoms. The van der Waals surface area contributed by atoms with Crippen molar-refractivity contribution >= 4 is 11.6 Å². The summed E-state index contributed by atoms with van der Waals surface area (Å²) in [5, 5.41) is 12.6. The molecule has 94 valence electrons. The van der Waals surface area contributed by atoms with Gasteiger partial charge in [-0.2, -0.15) is 0 Å². The predicted molar refractivity (Wildman–Crippen MR) is 70.5 cm³/mol. The number of aliphatic hydroxyl groups excluding tert-OH is 1. The third-order valence-corrected chi connectivity index (χ3v) is 3.22. The van der Waals surface area contributed by atoms with E-state index in [4.69, 9.17) is 0 Å². The molecule has 0 amide bonds. The minimum atomic E-state index is 0.215. The molecule has 0 bridgehead atoms. The summed E-state index contributed by atoms with van der Waals surface area (Å²) in [6, 6.07) is 6.25. The summed E-state index contributed by atoms with van der Waals surface area (Å²) in [4.78, 5) is 6.81. The first-order chi connectivity index (χ1) is 8.35. The highest BCUT2D eigenvalue weighted by molar-refractivity contribution is 5.48. The largest absolute Gasteiger partial charge is 0.394 e. The Morgan fingerprint density at radius 1 is 1.47 bits per heavy atom. The van der Waals surface area contributed by atoms with Gasteiger partial charge in [0, 0.05) is 13.1 Å². The molecular weight excluding hydrogens is 214 g/mol. The predicted octanol–water partition coefficient (Wildman–Crippen LogP) is 1.86. The van der Waals surface area contributed by atoms with Crippen molar-refractivity contribution in [3.05, 3.63) is 18.2 Å². The van der Waals surface area contributed by atoms with E-state index in [9.17, 15) is 5.11 Å². The van der Waals surface area contributed by atoms with Crippen LogP contribution < -0.4 is 10.2 Å². The van der Waals surface area contributed by atoms with Crippen LogP contribution in [0.2, 0.25) is 0 Å². The van der Waals surface area contributed by atoms with E-state index in [0.29, 0.717) is 0 Å². The number of anilines is 2. The van der Waals surface area contributed by atoms with E-state index in [1.807, 2.05) is 18.2 Å². The van der Waals surface area contributed by atoms with Crippen molar-refractivity contribution in [1.29, 1.82) is 0 Å². The first kappa shape index (κ1) is 12.2. The molecule has 2 N–H and O–H groups in total. The summed E-state index contributed by atoms with van der Waals surface area (Å²) >= 11 is 0. The summed E-state index contributed by atoms with van der Waals surface area (Å²) < 4.78 is 0. The second kappa shape index (κ2) is 5.87. The maximum absolute atomic E-state index is 9.41. The van der Waals surface area contributed by atoms with Gasteiger partial charge >= 0.3 is 0 Å². The molecule has 1 unspecified atom stereocenters. The highest BCUT2D eigenvalue weighted by Gasteiger charge is 2.22. The zero-order chi connectivity index (χ0) is 12.1. The first-order valence-electron chi connectivity index (χ1n) is 6.43. The maximum Gasteiger partial charge on any atom is 0.131 e. The minimum absolute atomic E-state index is 0.215. The van der Waals surface area contributed by atoms with E-state index in [0.717, 1.165) is 31.1 Å². The van der Waals surface area contributed by atoms with Crippen LogP contribution in [0.15, 0.2) is 18.2 Å². The molecule has 1 atom stereocenters. The molecule has 0 spiro atoms. The summed E-state index contributed by atoms with van der Waals surface area (Å²) in [5.74, 6) is 1.88. The molecule has 1 aromatic rings. The number of pyridine rings is 1.